The van der Waals surface area contributed by atoms with Crippen LogP contribution in [0.4, 0.5) is 13.2 Å². The van der Waals surface area contributed by atoms with E-state index in [1.165, 1.54) is 6.07 Å². The van der Waals surface area contributed by atoms with Gasteiger partial charge in [-0.05, 0) is 77.2 Å². The van der Waals surface area contributed by atoms with Crippen molar-refractivity contribution < 1.29 is 27.9 Å². The molecule has 0 aliphatic heterocycles. The topological polar surface area (TPSA) is 84.2 Å². The Morgan fingerprint density at radius 2 is 1.67 bits per heavy atom. The fourth-order valence-corrected chi connectivity index (χ4v) is 5.01. The van der Waals surface area contributed by atoms with Crippen molar-refractivity contribution in [2.45, 2.75) is 19.6 Å². The molecule has 45 heavy (non-hydrogen) atoms. The number of alkyl halides is 3. The van der Waals surface area contributed by atoms with E-state index in [2.05, 4.69) is 5.32 Å². The summed E-state index contributed by atoms with van der Waals surface area (Å²) in [6.07, 6.45) is 1.26. The first-order chi connectivity index (χ1) is 21.5. The molecule has 0 bridgehead atoms. The molecule has 0 aliphatic carbocycles. The average Bonchev–Trinajstić information content (AvgIpc) is 3.41. The number of carbonyl (C=O) groups is 2. The summed E-state index contributed by atoms with van der Waals surface area (Å²) < 4.78 is 41.5. The summed E-state index contributed by atoms with van der Waals surface area (Å²) in [5.74, 6) is -0.946. The summed E-state index contributed by atoms with van der Waals surface area (Å²) in [5, 5.41) is 11.8. The van der Waals surface area contributed by atoms with Crippen molar-refractivity contribution in [3.63, 3.8) is 0 Å². The minimum absolute atomic E-state index is 0.344. The lowest BCUT2D eigenvalue weighted by molar-refractivity contribution is -0.137. The lowest BCUT2D eigenvalue weighted by atomic mass is 10.0. The molecule has 5 rings (SSSR count). The molecule has 0 spiro atoms. The van der Waals surface area contributed by atoms with E-state index in [-0.39, 0.29) is 0 Å². The zero-order valence-electron chi connectivity index (χ0n) is 24.0. The number of aryl methyl sites for hydroxylation is 1. The Balaban J connectivity index is 1.41. The average molecular weight is 630 g/mol. The summed E-state index contributed by atoms with van der Waals surface area (Å²) in [4.78, 5) is 27.8. The lowest BCUT2D eigenvalue weighted by Crippen LogP contribution is -2.29. The van der Waals surface area contributed by atoms with Crippen molar-refractivity contribution in [2.75, 3.05) is 6.54 Å². The Kier molecular flexibility index (Phi) is 9.20. The van der Waals surface area contributed by atoms with Crippen LogP contribution in [-0.2, 0) is 17.5 Å². The molecule has 1 aromatic heterocycles. The maximum atomic E-state index is 13.2. The SMILES string of the molecule is Cc1cc(Cl)ccc1-c1cn(Cc2ccc(C(=O)NCC(=O)O)cc2)c(/C=C/c2ccc(-c3cccc(C(F)(F)F)c3)cc2)n1. The van der Waals surface area contributed by atoms with Gasteiger partial charge in [-0.3, -0.25) is 9.59 Å². The minimum Gasteiger partial charge on any atom is -0.480 e. The molecule has 0 fully saturated rings. The molecule has 6 nitrogen and oxygen atoms in total. The number of nitrogens with zero attached hydrogens (tertiary/aromatic N) is 2. The number of aliphatic carboxylic acids is 1. The van der Waals surface area contributed by atoms with Gasteiger partial charge in [-0.2, -0.15) is 13.2 Å². The third-order valence-electron chi connectivity index (χ3n) is 7.10. The van der Waals surface area contributed by atoms with Crippen LogP contribution in [0.5, 0.6) is 0 Å². The second-order valence-corrected chi connectivity index (χ2v) is 10.8. The zero-order chi connectivity index (χ0) is 32.1. The van der Waals surface area contributed by atoms with E-state index >= 15 is 0 Å². The van der Waals surface area contributed by atoms with Crippen molar-refractivity contribution in [2.24, 2.45) is 0 Å². The number of hydrogen-bond acceptors (Lipinski definition) is 3. The molecule has 0 unspecified atom stereocenters. The molecular weight excluding hydrogens is 603 g/mol. The number of carbonyl (C=O) groups excluding carboxylic acids is 1. The van der Waals surface area contributed by atoms with Gasteiger partial charge in [-0.1, -0.05) is 72.3 Å². The van der Waals surface area contributed by atoms with E-state index in [4.69, 9.17) is 21.7 Å². The monoisotopic (exact) mass is 629 g/mol. The van der Waals surface area contributed by atoms with Crippen molar-refractivity contribution in [1.29, 1.82) is 0 Å². The smallest absolute Gasteiger partial charge is 0.416 e. The van der Waals surface area contributed by atoms with Gasteiger partial charge in [0.15, 0.2) is 0 Å². The molecular formula is C35H27ClF3N3O3. The number of hydrogen-bond donors (Lipinski definition) is 2. The lowest BCUT2D eigenvalue weighted by Gasteiger charge is -2.09. The number of rotatable bonds is 9. The van der Waals surface area contributed by atoms with Gasteiger partial charge in [0.2, 0.25) is 0 Å². The highest BCUT2D eigenvalue weighted by Gasteiger charge is 2.30. The second kappa shape index (κ2) is 13.2. The van der Waals surface area contributed by atoms with Crippen molar-refractivity contribution in [3.05, 3.63) is 136 Å². The summed E-state index contributed by atoms with van der Waals surface area (Å²) in [6, 6.07) is 24.9. The van der Waals surface area contributed by atoms with Gasteiger partial charge in [-0.25, -0.2) is 4.98 Å². The summed E-state index contributed by atoms with van der Waals surface area (Å²) in [5.41, 5.74) is 5.14. The van der Waals surface area contributed by atoms with Crippen molar-refractivity contribution in [1.82, 2.24) is 14.9 Å². The second-order valence-electron chi connectivity index (χ2n) is 10.4. The molecule has 10 heteroatoms. The van der Waals surface area contributed by atoms with Gasteiger partial charge in [0.05, 0.1) is 11.3 Å². The molecule has 1 heterocycles. The van der Waals surface area contributed by atoms with E-state index in [0.717, 1.165) is 40.1 Å². The predicted octanol–water partition coefficient (Wildman–Crippen LogP) is 8.23. The first kappa shape index (κ1) is 31.3. The van der Waals surface area contributed by atoms with Gasteiger partial charge < -0.3 is 15.0 Å². The van der Waals surface area contributed by atoms with Gasteiger partial charge in [-0.15, -0.1) is 0 Å². The molecule has 5 aromatic rings. The van der Waals surface area contributed by atoms with Crippen LogP contribution in [-0.4, -0.2) is 33.1 Å². The molecule has 0 saturated heterocycles. The van der Waals surface area contributed by atoms with Crippen LogP contribution in [0.1, 0.15) is 38.4 Å². The summed E-state index contributed by atoms with van der Waals surface area (Å²) in [6.45, 7) is 1.92. The number of carboxylic acid groups (broad SMARTS) is 1. The standard InChI is InChI=1S/C35H27ClF3N3O3/c1-22-17-29(36)14-15-30(22)31-21-42(20-24-7-12-26(13-8-24)34(45)40-19-33(43)44)32(41-31)16-9-23-5-10-25(11-6-23)27-3-2-4-28(18-27)35(37,38)39/h2-18,21H,19-20H2,1H3,(H,40,45)(H,43,44)/b16-9+. The van der Waals surface area contributed by atoms with Crippen LogP contribution in [0.25, 0.3) is 34.5 Å². The third-order valence-corrected chi connectivity index (χ3v) is 7.33. The number of halogens is 4. The minimum atomic E-state index is -4.41. The van der Waals surface area contributed by atoms with Crippen LogP contribution in [0, 0.1) is 6.92 Å². The summed E-state index contributed by atoms with van der Waals surface area (Å²) >= 11 is 6.17. The van der Waals surface area contributed by atoms with Crippen LogP contribution in [0.2, 0.25) is 5.02 Å². The number of amides is 1. The van der Waals surface area contributed by atoms with Gasteiger partial charge in [0, 0.05) is 28.9 Å². The van der Waals surface area contributed by atoms with E-state index < -0.39 is 30.2 Å². The van der Waals surface area contributed by atoms with Gasteiger partial charge in [0.1, 0.15) is 12.4 Å². The molecule has 2 N–H and O–H groups in total. The fourth-order valence-electron chi connectivity index (χ4n) is 4.78. The molecule has 0 saturated carbocycles. The first-order valence-corrected chi connectivity index (χ1v) is 14.2. The molecule has 0 radical (unpaired) electrons. The molecule has 228 valence electrons. The fraction of sp³-hybridized carbons (Fsp3) is 0.114. The Bertz CT molecular complexity index is 1880. The molecule has 4 aromatic carbocycles. The van der Waals surface area contributed by atoms with Gasteiger partial charge >= 0.3 is 12.1 Å². The summed E-state index contributed by atoms with van der Waals surface area (Å²) in [7, 11) is 0. The van der Waals surface area contributed by atoms with Crippen LogP contribution in [0.15, 0.2) is 97.2 Å². The van der Waals surface area contributed by atoms with E-state index in [1.54, 1.807) is 48.5 Å². The molecule has 0 aliphatic rings. The van der Waals surface area contributed by atoms with E-state index in [9.17, 15) is 22.8 Å². The first-order valence-electron chi connectivity index (χ1n) is 13.8. The van der Waals surface area contributed by atoms with E-state index in [0.29, 0.717) is 34.1 Å². The van der Waals surface area contributed by atoms with Gasteiger partial charge in [0.25, 0.3) is 5.91 Å². The highest BCUT2D eigenvalue weighted by atomic mass is 35.5. The Labute approximate surface area is 262 Å². The molecule has 1 amide bonds. The van der Waals surface area contributed by atoms with Crippen LogP contribution in [0.3, 0.4) is 0 Å². The third kappa shape index (κ3) is 7.87. The van der Waals surface area contributed by atoms with Crippen molar-refractivity contribution in [3.8, 4) is 22.4 Å². The number of aromatic nitrogens is 2. The quantitative estimate of drug-likeness (QED) is 0.172. The van der Waals surface area contributed by atoms with Crippen LogP contribution < -0.4 is 5.32 Å². The normalized spacial score (nSPS) is 11.6. The highest BCUT2D eigenvalue weighted by molar-refractivity contribution is 6.30. The Morgan fingerprint density at radius 3 is 2.33 bits per heavy atom. The highest BCUT2D eigenvalue weighted by Crippen LogP contribution is 2.32. The zero-order valence-corrected chi connectivity index (χ0v) is 24.7. The number of nitrogens with one attached hydrogen (secondary N) is 1. The van der Waals surface area contributed by atoms with E-state index in [1.807, 2.05) is 54.1 Å². The largest absolute Gasteiger partial charge is 0.480 e. The molecule has 0 atom stereocenters. The Morgan fingerprint density at radius 1 is 0.933 bits per heavy atom. The maximum Gasteiger partial charge on any atom is 0.416 e. The number of benzene rings is 4. The maximum absolute atomic E-state index is 13.2. The predicted molar refractivity (Wildman–Crippen MR) is 169 cm³/mol. The number of carboxylic acids is 1. The van der Waals surface area contributed by atoms with Crippen molar-refractivity contribution >= 4 is 35.6 Å². The Hall–Kier alpha value is -5.15. The number of imidazole rings is 1. The van der Waals surface area contributed by atoms with Crippen LogP contribution >= 0.6 is 11.6 Å².